The highest BCUT2D eigenvalue weighted by molar-refractivity contribution is 6.32. The number of methoxy groups -OCH3 is 1. The minimum atomic E-state index is -0.304. The van der Waals surface area contributed by atoms with Crippen LogP contribution in [0.2, 0.25) is 5.02 Å². The molecule has 1 amide bonds. The second-order valence-corrected chi connectivity index (χ2v) is 7.45. The zero-order valence-electron chi connectivity index (χ0n) is 15.4. The van der Waals surface area contributed by atoms with E-state index in [1.807, 2.05) is 6.20 Å². The molecule has 2 aromatic heterocycles. The van der Waals surface area contributed by atoms with E-state index in [1.54, 1.807) is 18.0 Å². The molecular formula is C18H22ClN7O2. The van der Waals surface area contributed by atoms with Crippen molar-refractivity contribution in [2.75, 3.05) is 24.4 Å². The Morgan fingerprint density at radius 1 is 1.39 bits per heavy atom. The number of nitrogens with zero attached hydrogens (tertiary/aromatic N) is 4. The van der Waals surface area contributed by atoms with Gasteiger partial charge >= 0.3 is 0 Å². The first-order valence-electron chi connectivity index (χ1n) is 9.10. The maximum absolute atomic E-state index is 11.9. The van der Waals surface area contributed by atoms with Crippen LogP contribution in [-0.4, -0.2) is 45.4 Å². The van der Waals surface area contributed by atoms with Crippen LogP contribution >= 0.6 is 11.6 Å². The highest BCUT2D eigenvalue weighted by Gasteiger charge is 2.47. The zero-order chi connectivity index (χ0) is 19.7. The van der Waals surface area contributed by atoms with Gasteiger partial charge in [-0.1, -0.05) is 23.8 Å². The third kappa shape index (κ3) is 3.67. The summed E-state index contributed by atoms with van der Waals surface area (Å²) in [4.78, 5) is 20.6. The van der Waals surface area contributed by atoms with Crippen LogP contribution in [0.1, 0.15) is 6.42 Å². The Bertz CT molecular complexity index is 900. The summed E-state index contributed by atoms with van der Waals surface area (Å²) < 4.78 is 6.81. The van der Waals surface area contributed by atoms with Gasteiger partial charge in [0.2, 0.25) is 11.9 Å². The number of hydrogen-bond acceptors (Lipinski definition) is 7. The van der Waals surface area contributed by atoms with Gasteiger partial charge in [-0.25, -0.2) is 4.98 Å². The molecule has 2 aliphatic rings. The Hall–Kier alpha value is -2.65. The first-order valence-corrected chi connectivity index (χ1v) is 9.48. The Morgan fingerprint density at radius 3 is 3.00 bits per heavy atom. The summed E-state index contributed by atoms with van der Waals surface area (Å²) in [6, 6.07) is -0.121. The first kappa shape index (κ1) is 18.7. The molecule has 2 aliphatic carbocycles. The molecule has 0 aromatic carbocycles. The molecule has 4 atom stereocenters. The smallest absolute Gasteiger partial charge is 0.229 e. The molecule has 0 unspecified atom stereocenters. The van der Waals surface area contributed by atoms with Crippen molar-refractivity contribution < 1.29 is 9.53 Å². The molecule has 1 fully saturated rings. The number of ether oxygens (including phenoxy) is 1. The van der Waals surface area contributed by atoms with Crippen molar-refractivity contribution in [1.29, 1.82) is 0 Å². The fourth-order valence-corrected chi connectivity index (χ4v) is 4.10. The molecule has 0 saturated heterocycles. The predicted octanol–water partition coefficient (Wildman–Crippen LogP) is 1.80. The number of primary amides is 1. The maximum atomic E-state index is 11.9. The predicted molar refractivity (Wildman–Crippen MR) is 105 cm³/mol. The van der Waals surface area contributed by atoms with Crippen LogP contribution in [0.25, 0.3) is 0 Å². The van der Waals surface area contributed by atoms with Gasteiger partial charge in [-0.2, -0.15) is 10.1 Å². The Kier molecular flexibility index (Phi) is 5.19. The summed E-state index contributed by atoms with van der Waals surface area (Å²) >= 11 is 6.29. The summed E-state index contributed by atoms with van der Waals surface area (Å²) in [5, 5.41) is 11.1. The van der Waals surface area contributed by atoms with Crippen LogP contribution in [-0.2, 0) is 16.1 Å². The number of anilines is 3. The zero-order valence-corrected chi connectivity index (χ0v) is 16.1. The highest BCUT2D eigenvalue weighted by atomic mass is 35.5. The molecule has 0 aliphatic heterocycles. The van der Waals surface area contributed by atoms with Gasteiger partial charge < -0.3 is 21.1 Å². The molecule has 10 heteroatoms. The van der Waals surface area contributed by atoms with E-state index < -0.39 is 0 Å². The lowest BCUT2D eigenvalue weighted by molar-refractivity contribution is -0.122. The Balaban J connectivity index is 1.49. The third-order valence-electron chi connectivity index (χ3n) is 5.25. The molecule has 2 aromatic rings. The summed E-state index contributed by atoms with van der Waals surface area (Å²) in [5.74, 6) is 0.702. The van der Waals surface area contributed by atoms with E-state index in [9.17, 15) is 4.79 Å². The second-order valence-electron chi connectivity index (χ2n) is 7.05. The minimum absolute atomic E-state index is 0.121. The Labute approximate surface area is 167 Å². The number of allylic oxidation sites excluding steroid dienone is 1. The monoisotopic (exact) mass is 403 g/mol. The van der Waals surface area contributed by atoms with Crippen LogP contribution in [0.4, 0.5) is 17.5 Å². The van der Waals surface area contributed by atoms with Crippen LogP contribution in [0.15, 0.2) is 30.7 Å². The third-order valence-corrected chi connectivity index (χ3v) is 5.53. The number of carbonyl (C=O) groups excluding carboxylic acids is 1. The van der Waals surface area contributed by atoms with Gasteiger partial charge in [0.15, 0.2) is 5.82 Å². The van der Waals surface area contributed by atoms with Crippen molar-refractivity contribution in [3.05, 3.63) is 35.8 Å². The fourth-order valence-electron chi connectivity index (χ4n) is 3.96. The van der Waals surface area contributed by atoms with E-state index in [2.05, 4.69) is 37.9 Å². The first-order chi connectivity index (χ1) is 13.5. The number of amides is 1. The van der Waals surface area contributed by atoms with E-state index in [0.717, 1.165) is 12.1 Å². The van der Waals surface area contributed by atoms with Gasteiger partial charge in [0, 0.05) is 19.3 Å². The van der Waals surface area contributed by atoms with Crippen molar-refractivity contribution in [3.63, 3.8) is 0 Å². The lowest BCUT2D eigenvalue weighted by atomic mass is 9.88. The summed E-state index contributed by atoms with van der Waals surface area (Å²) in [5.41, 5.74) is 6.38. The van der Waals surface area contributed by atoms with E-state index >= 15 is 0 Å². The number of halogens is 1. The second kappa shape index (κ2) is 7.76. The lowest BCUT2D eigenvalue weighted by Crippen LogP contribution is -2.41. The van der Waals surface area contributed by atoms with Gasteiger partial charge in [0.05, 0.1) is 37.2 Å². The largest absolute Gasteiger partial charge is 0.383 e. The standard InChI is InChI=1S/C18H22ClN7O2/c1-28-5-4-26-9-12(7-22-26)23-18-21-8-13(19)17(25-18)24-15-11-3-2-10(6-11)14(15)16(20)27/h2-3,7-11,14-15H,4-6H2,1H3,(H2,20,27)(H2,21,23,24,25)/t10-,11-,14-,15+/m0/s1. The van der Waals surface area contributed by atoms with Crippen LogP contribution in [0.5, 0.6) is 0 Å². The average molecular weight is 404 g/mol. The van der Waals surface area contributed by atoms with E-state index in [-0.39, 0.29) is 29.7 Å². The average Bonchev–Trinajstić information content (AvgIpc) is 3.39. The molecule has 0 radical (unpaired) electrons. The van der Waals surface area contributed by atoms with Crippen molar-refractivity contribution in [1.82, 2.24) is 19.7 Å². The van der Waals surface area contributed by atoms with Crippen molar-refractivity contribution in [2.45, 2.75) is 19.0 Å². The van der Waals surface area contributed by atoms with Crippen molar-refractivity contribution in [2.24, 2.45) is 23.5 Å². The number of rotatable bonds is 8. The minimum Gasteiger partial charge on any atom is -0.383 e. The molecule has 2 bridgehead atoms. The summed E-state index contributed by atoms with van der Waals surface area (Å²) in [7, 11) is 1.65. The van der Waals surface area contributed by atoms with Gasteiger partial charge in [-0.15, -0.1) is 0 Å². The molecule has 9 nitrogen and oxygen atoms in total. The number of aromatic nitrogens is 4. The molecule has 1 saturated carbocycles. The van der Waals surface area contributed by atoms with Gasteiger partial charge in [0.25, 0.3) is 0 Å². The van der Waals surface area contributed by atoms with Crippen LogP contribution in [0.3, 0.4) is 0 Å². The normalized spacial score (nSPS) is 25.2. The van der Waals surface area contributed by atoms with Gasteiger partial charge in [-0.05, 0) is 18.3 Å². The molecule has 4 rings (SSSR count). The van der Waals surface area contributed by atoms with E-state index in [1.165, 1.54) is 6.20 Å². The number of nitrogens with one attached hydrogen (secondary N) is 2. The lowest BCUT2D eigenvalue weighted by Gasteiger charge is -2.27. The molecular weight excluding hydrogens is 382 g/mol. The summed E-state index contributed by atoms with van der Waals surface area (Å²) in [6.45, 7) is 1.23. The van der Waals surface area contributed by atoms with Crippen molar-refractivity contribution >= 4 is 35.0 Å². The van der Waals surface area contributed by atoms with Gasteiger partial charge in [0.1, 0.15) is 5.02 Å². The molecule has 4 N–H and O–H groups in total. The topological polar surface area (TPSA) is 120 Å². The molecule has 148 valence electrons. The fraction of sp³-hybridized carbons (Fsp3) is 0.444. The quantitative estimate of drug-likeness (QED) is 0.575. The van der Waals surface area contributed by atoms with E-state index in [4.69, 9.17) is 22.1 Å². The van der Waals surface area contributed by atoms with Crippen LogP contribution < -0.4 is 16.4 Å². The molecule has 0 spiro atoms. The maximum Gasteiger partial charge on any atom is 0.229 e. The SMILES string of the molecule is COCCn1cc(Nc2ncc(Cl)c(N[C@H]3[C@@H](C(N)=O)[C@H]4C=C[C@H]3C4)n2)cn1. The number of nitrogens with two attached hydrogens (primary N) is 1. The molecule has 2 heterocycles. The number of hydrogen-bond donors (Lipinski definition) is 3. The van der Waals surface area contributed by atoms with Crippen LogP contribution in [0, 0.1) is 17.8 Å². The Morgan fingerprint density at radius 2 is 2.21 bits per heavy atom. The number of fused-ring (bicyclic) bond motifs is 2. The number of carbonyl (C=O) groups is 1. The van der Waals surface area contributed by atoms with Gasteiger partial charge in [-0.3, -0.25) is 9.48 Å². The van der Waals surface area contributed by atoms with E-state index in [0.29, 0.717) is 29.9 Å². The molecule has 28 heavy (non-hydrogen) atoms. The van der Waals surface area contributed by atoms with Crippen molar-refractivity contribution in [3.8, 4) is 0 Å². The highest BCUT2D eigenvalue weighted by Crippen LogP contribution is 2.45. The summed E-state index contributed by atoms with van der Waals surface area (Å²) in [6.07, 6.45) is 10.2.